The first kappa shape index (κ1) is 30.6. The number of hydrogen-bond acceptors (Lipinski definition) is 6. The third kappa shape index (κ3) is 13.9. The Labute approximate surface area is 196 Å². The number of ketones is 1. The van der Waals surface area contributed by atoms with Gasteiger partial charge in [0.2, 0.25) is 5.78 Å². The fourth-order valence-corrected chi connectivity index (χ4v) is 3.91. The smallest absolute Gasteiger partial charge is 0.324 e. The normalized spacial score (nSPS) is 14.9. The van der Waals surface area contributed by atoms with E-state index in [0.29, 0.717) is 6.42 Å². The van der Waals surface area contributed by atoms with Gasteiger partial charge in [-0.05, 0) is 20.3 Å². The Balaban J connectivity index is 3.93. The average molecular weight is 452 g/mol. The van der Waals surface area contributed by atoms with Crippen molar-refractivity contribution in [2.75, 3.05) is 0 Å². The van der Waals surface area contributed by atoms with Gasteiger partial charge in [0.1, 0.15) is 12.1 Å². The SMILES string of the molecule is CCCCCCCCCCCCCCCCCCC(C#N)(OC(=O)[C@H](C)N)C(=O)[C@@H](C)N. The van der Waals surface area contributed by atoms with Crippen LogP contribution in [0.4, 0.5) is 0 Å². The van der Waals surface area contributed by atoms with Gasteiger partial charge in [0.15, 0.2) is 0 Å². The Morgan fingerprint density at radius 1 is 0.750 bits per heavy atom. The summed E-state index contributed by atoms with van der Waals surface area (Å²) >= 11 is 0. The number of nitrogens with zero attached hydrogens (tertiary/aromatic N) is 1. The fraction of sp³-hybridized carbons (Fsp3) is 0.885. The highest BCUT2D eigenvalue weighted by Gasteiger charge is 2.44. The summed E-state index contributed by atoms with van der Waals surface area (Å²) in [5.74, 6) is -1.31. The summed E-state index contributed by atoms with van der Waals surface area (Å²) < 4.78 is 5.24. The third-order valence-electron chi connectivity index (χ3n) is 6.02. The van der Waals surface area contributed by atoms with Crippen LogP contribution in [0.1, 0.15) is 130 Å². The van der Waals surface area contributed by atoms with Gasteiger partial charge < -0.3 is 16.2 Å². The van der Waals surface area contributed by atoms with Gasteiger partial charge in [-0.3, -0.25) is 9.59 Å². The predicted molar refractivity (Wildman–Crippen MR) is 131 cm³/mol. The van der Waals surface area contributed by atoms with E-state index in [1.165, 1.54) is 90.9 Å². The Morgan fingerprint density at radius 2 is 1.12 bits per heavy atom. The summed E-state index contributed by atoms with van der Waals surface area (Å²) in [5.41, 5.74) is 9.40. The Kier molecular flexibility index (Phi) is 18.2. The van der Waals surface area contributed by atoms with Crippen LogP contribution < -0.4 is 11.5 Å². The molecule has 3 atom stereocenters. The molecule has 0 aromatic heterocycles. The number of nitriles is 1. The average Bonchev–Trinajstić information content (AvgIpc) is 2.77. The van der Waals surface area contributed by atoms with Crippen molar-refractivity contribution in [1.29, 1.82) is 5.26 Å². The van der Waals surface area contributed by atoms with Gasteiger partial charge >= 0.3 is 5.97 Å². The zero-order valence-corrected chi connectivity index (χ0v) is 21.0. The first-order valence-corrected chi connectivity index (χ1v) is 13.0. The molecule has 0 heterocycles. The van der Waals surface area contributed by atoms with Crippen LogP contribution in [-0.4, -0.2) is 29.4 Å². The molecule has 6 heteroatoms. The lowest BCUT2D eigenvalue weighted by atomic mass is 9.89. The molecule has 6 nitrogen and oxygen atoms in total. The monoisotopic (exact) mass is 451 g/mol. The lowest BCUT2D eigenvalue weighted by molar-refractivity contribution is -0.163. The number of nitrogens with two attached hydrogens (primary N) is 2. The zero-order chi connectivity index (χ0) is 24.2. The van der Waals surface area contributed by atoms with Crippen molar-refractivity contribution in [2.45, 2.75) is 148 Å². The molecule has 4 N–H and O–H groups in total. The number of hydrogen-bond donors (Lipinski definition) is 2. The molecule has 32 heavy (non-hydrogen) atoms. The van der Waals surface area contributed by atoms with Gasteiger partial charge in [0, 0.05) is 6.42 Å². The second-order valence-corrected chi connectivity index (χ2v) is 9.35. The van der Waals surface area contributed by atoms with Gasteiger partial charge in [0.05, 0.1) is 6.04 Å². The number of Topliss-reactive ketones (excluding diaryl/α,β-unsaturated/α-hetero) is 1. The fourth-order valence-electron chi connectivity index (χ4n) is 3.91. The maximum Gasteiger partial charge on any atom is 0.324 e. The minimum absolute atomic E-state index is 0.167. The van der Waals surface area contributed by atoms with E-state index >= 15 is 0 Å². The van der Waals surface area contributed by atoms with Gasteiger partial charge in [-0.2, -0.15) is 5.26 Å². The summed E-state index contributed by atoms with van der Waals surface area (Å²) in [4.78, 5) is 24.4. The predicted octanol–water partition coefficient (Wildman–Crippen LogP) is 5.71. The molecule has 186 valence electrons. The molecule has 1 unspecified atom stereocenters. The van der Waals surface area contributed by atoms with Crippen molar-refractivity contribution < 1.29 is 14.3 Å². The van der Waals surface area contributed by atoms with Crippen LogP contribution in [0.2, 0.25) is 0 Å². The molecular formula is C26H49N3O3. The maximum atomic E-state index is 12.5. The van der Waals surface area contributed by atoms with Crippen molar-refractivity contribution in [3.8, 4) is 6.07 Å². The molecule has 0 rings (SSSR count). The number of carbonyl (C=O) groups excluding carboxylic acids is 2. The first-order valence-electron chi connectivity index (χ1n) is 13.0. The molecule has 0 aliphatic carbocycles. The lowest BCUT2D eigenvalue weighted by Gasteiger charge is -2.27. The summed E-state index contributed by atoms with van der Waals surface area (Å²) in [7, 11) is 0. The number of ether oxygens (including phenoxy) is 1. The molecule has 0 amide bonds. The Bertz CT molecular complexity index is 543. The standard InChI is InChI=1S/C26H49N3O3/c1-4-5-6-7-8-9-10-11-12-13-14-15-16-17-18-19-20-26(21-27,24(30)22(2)28)32-25(31)23(3)29/h22-23H,4-20,28-29H2,1-3H3/t22-,23+,26?/m1/s1. The van der Waals surface area contributed by atoms with Crippen LogP contribution in [0, 0.1) is 11.3 Å². The molecule has 0 saturated heterocycles. The van der Waals surface area contributed by atoms with Gasteiger partial charge in [0.25, 0.3) is 5.60 Å². The largest absolute Gasteiger partial charge is 0.435 e. The number of rotatable bonds is 21. The van der Waals surface area contributed by atoms with E-state index in [2.05, 4.69) is 6.92 Å². The molecule has 0 spiro atoms. The van der Waals surface area contributed by atoms with Crippen LogP contribution in [-0.2, 0) is 14.3 Å². The zero-order valence-electron chi connectivity index (χ0n) is 21.0. The van der Waals surface area contributed by atoms with Gasteiger partial charge in [-0.1, -0.05) is 103 Å². The minimum Gasteiger partial charge on any atom is -0.435 e. The van der Waals surface area contributed by atoms with E-state index in [1.807, 2.05) is 6.07 Å². The van der Waals surface area contributed by atoms with E-state index in [-0.39, 0.29) is 6.42 Å². The first-order chi connectivity index (χ1) is 15.3. The van der Waals surface area contributed by atoms with E-state index in [4.69, 9.17) is 16.2 Å². The summed E-state index contributed by atoms with van der Waals surface area (Å²) in [6.45, 7) is 5.23. The third-order valence-corrected chi connectivity index (χ3v) is 6.02. The van der Waals surface area contributed by atoms with Crippen LogP contribution in [0.3, 0.4) is 0 Å². The van der Waals surface area contributed by atoms with Crippen LogP contribution >= 0.6 is 0 Å². The molecule has 0 aromatic rings. The van der Waals surface area contributed by atoms with Crippen LogP contribution in [0.25, 0.3) is 0 Å². The highest BCUT2D eigenvalue weighted by molar-refractivity contribution is 5.96. The highest BCUT2D eigenvalue weighted by Crippen LogP contribution is 2.24. The summed E-state index contributed by atoms with van der Waals surface area (Å²) in [5, 5.41) is 9.61. The molecule has 0 aromatic carbocycles. The highest BCUT2D eigenvalue weighted by atomic mass is 16.6. The molecule has 0 aliphatic heterocycles. The van der Waals surface area contributed by atoms with E-state index in [0.717, 1.165) is 19.3 Å². The molecular weight excluding hydrogens is 402 g/mol. The molecule has 0 radical (unpaired) electrons. The van der Waals surface area contributed by atoms with Crippen LogP contribution in [0.5, 0.6) is 0 Å². The quantitative estimate of drug-likeness (QED) is 0.170. The van der Waals surface area contributed by atoms with E-state index in [1.54, 1.807) is 0 Å². The topological polar surface area (TPSA) is 119 Å². The summed E-state index contributed by atoms with van der Waals surface area (Å²) in [6.07, 6.45) is 20.0. The summed E-state index contributed by atoms with van der Waals surface area (Å²) in [6, 6.07) is 0.134. The van der Waals surface area contributed by atoms with E-state index in [9.17, 15) is 14.9 Å². The van der Waals surface area contributed by atoms with Crippen molar-refractivity contribution >= 4 is 11.8 Å². The second-order valence-electron chi connectivity index (χ2n) is 9.35. The van der Waals surface area contributed by atoms with Crippen molar-refractivity contribution in [3.05, 3.63) is 0 Å². The number of carbonyl (C=O) groups is 2. The minimum atomic E-state index is -1.82. The molecule has 0 bridgehead atoms. The number of esters is 1. The number of unbranched alkanes of at least 4 members (excludes halogenated alkanes) is 15. The second kappa shape index (κ2) is 19.1. The molecule has 0 saturated carbocycles. The van der Waals surface area contributed by atoms with Crippen molar-refractivity contribution in [2.24, 2.45) is 11.5 Å². The maximum absolute atomic E-state index is 12.5. The Hall–Kier alpha value is -1.45. The van der Waals surface area contributed by atoms with Crippen LogP contribution in [0.15, 0.2) is 0 Å². The molecule has 0 aliphatic rings. The molecule has 0 fully saturated rings. The lowest BCUT2D eigenvalue weighted by Crippen LogP contribution is -2.51. The van der Waals surface area contributed by atoms with E-state index < -0.39 is 29.4 Å². The van der Waals surface area contributed by atoms with Gasteiger partial charge in [-0.15, -0.1) is 0 Å². The Morgan fingerprint density at radius 3 is 1.44 bits per heavy atom. The van der Waals surface area contributed by atoms with Crippen molar-refractivity contribution in [1.82, 2.24) is 0 Å². The van der Waals surface area contributed by atoms with Gasteiger partial charge in [-0.25, -0.2) is 0 Å². The van der Waals surface area contributed by atoms with Crippen molar-refractivity contribution in [3.63, 3.8) is 0 Å².